The Balaban J connectivity index is 1.94. The molecule has 1 aromatic carbocycles. The average molecular weight is 418 g/mol. The molecule has 0 bridgehead atoms. The van der Waals surface area contributed by atoms with E-state index >= 15 is 4.39 Å². The standard InChI is InChI=1S/C20H23FN4O5/c1-10-9-30-25-7-12(20(27)28)19(26)11-6-13(21)18(16(10)17(11)25)24-5-4-14(22-2)15(8-24)23-29-3/h6-7,10,14,22H,4-5,8-9H2,1-3H3,(H,27,28)/b23-15+/t10-,14?/m1/s1. The lowest BCUT2D eigenvalue weighted by atomic mass is 9.92. The molecule has 1 saturated heterocycles. The van der Waals surface area contributed by atoms with Crippen LogP contribution in [0.4, 0.5) is 10.1 Å². The highest BCUT2D eigenvalue weighted by Crippen LogP contribution is 2.39. The molecule has 10 heteroatoms. The highest BCUT2D eigenvalue weighted by Gasteiger charge is 2.33. The van der Waals surface area contributed by atoms with Gasteiger partial charge in [-0.05, 0) is 19.5 Å². The van der Waals surface area contributed by atoms with Gasteiger partial charge in [0.15, 0.2) is 0 Å². The summed E-state index contributed by atoms with van der Waals surface area (Å²) < 4.78 is 16.7. The van der Waals surface area contributed by atoms with Gasteiger partial charge in [-0.3, -0.25) is 4.79 Å². The molecule has 0 spiro atoms. The zero-order chi connectivity index (χ0) is 21.6. The van der Waals surface area contributed by atoms with E-state index in [4.69, 9.17) is 9.68 Å². The first-order valence-electron chi connectivity index (χ1n) is 9.67. The van der Waals surface area contributed by atoms with Gasteiger partial charge in [-0.25, -0.2) is 9.18 Å². The zero-order valence-electron chi connectivity index (χ0n) is 16.9. The third-order valence-corrected chi connectivity index (χ3v) is 5.72. The topological polar surface area (TPSA) is 105 Å². The number of nitrogens with zero attached hydrogens (tertiary/aromatic N) is 3. The Bertz CT molecular complexity index is 1110. The van der Waals surface area contributed by atoms with Gasteiger partial charge in [0, 0.05) is 18.0 Å². The van der Waals surface area contributed by atoms with Crippen molar-refractivity contribution in [3.63, 3.8) is 0 Å². The first-order valence-corrected chi connectivity index (χ1v) is 9.67. The number of carboxylic acid groups (broad SMARTS) is 1. The van der Waals surface area contributed by atoms with Crippen molar-refractivity contribution in [3.8, 4) is 0 Å². The molecule has 2 N–H and O–H groups in total. The number of anilines is 1. The number of benzene rings is 1. The maximum absolute atomic E-state index is 15.4. The minimum atomic E-state index is -1.38. The normalized spacial score (nSPS) is 22.3. The van der Waals surface area contributed by atoms with Crippen LogP contribution in [0.3, 0.4) is 0 Å². The third kappa shape index (κ3) is 3.07. The predicted octanol–water partition coefficient (Wildman–Crippen LogP) is 1.18. The Morgan fingerprint density at radius 2 is 2.23 bits per heavy atom. The van der Waals surface area contributed by atoms with Crippen molar-refractivity contribution in [2.75, 3.05) is 38.8 Å². The molecule has 2 aliphatic heterocycles. The fourth-order valence-electron chi connectivity index (χ4n) is 4.31. The van der Waals surface area contributed by atoms with Crippen LogP contribution in [0, 0.1) is 5.82 Å². The third-order valence-electron chi connectivity index (χ3n) is 5.72. The molecule has 30 heavy (non-hydrogen) atoms. The molecule has 0 aliphatic carbocycles. The number of oxime groups is 1. The smallest absolute Gasteiger partial charge is 0.341 e. The molecule has 1 unspecified atom stereocenters. The van der Waals surface area contributed by atoms with Crippen molar-refractivity contribution >= 4 is 28.3 Å². The molecule has 1 fully saturated rings. The van der Waals surface area contributed by atoms with Crippen LogP contribution in [0.2, 0.25) is 0 Å². The number of hydrogen-bond acceptors (Lipinski definition) is 7. The number of carbonyl (C=O) groups is 1. The molecule has 0 radical (unpaired) electrons. The van der Waals surface area contributed by atoms with E-state index < -0.39 is 22.8 Å². The SMILES string of the molecule is CNC1CCN(c2c(F)cc3c(=O)c(C(=O)O)cn4c3c2[C@H](C)CO4)C/C1=N\OC. The number of aromatic nitrogens is 1. The minimum Gasteiger partial charge on any atom is -0.477 e. The monoisotopic (exact) mass is 418 g/mol. The van der Waals surface area contributed by atoms with E-state index in [9.17, 15) is 14.7 Å². The summed E-state index contributed by atoms with van der Waals surface area (Å²) in [7, 11) is 3.31. The number of hydrogen-bond donors (Lipinski definition) is 2. The molecule has 1 aromatic heterocycles. The van der Waals surface area contributed by atoms with Crippen LogP contribution in [0.25, 0.3) is 10.9 Å². The highest BCUT2D eigenvalue weighted by atomic mass is 19.1. The summed E-state index contributed by atoms with van der Waals surface area (Å²) in [6, 6.07) is 1.14. The van der Waals surface area contributed by atoms with Gasteiger partial charge in [-0.1, -0.05) is 12.1 Å². The van der Waals surface area contributed by atoms with Gasteiger partial charge in [0.05, 0.1) is 41.1 Å². The molecule has 2 atom stereocenters. The van der Waals surface area contributed by atoms with Crippen LogP contribution in [0.1, 0.15) is 35.2 Å². The van der Waals surface area contributed by atoms with Crippen molar-refractivity contribution < 1.29 is 24.0 Å². The van der Waals surface area contributed by atoms with Gasteiger partial charge >= 0.3 is 5.97 Å². The zero-order valence-corrected chi connectivity index (χ0v) is 16.9. The lowest BCUT2D eigenvalue weighted by molar-refractivity contribution is 0.0681. The van der Waals surface area contributed by atoms with Crippen molar-refractivity contribution in [1.29, 1.82) is 0 Å². The molecule has 2 aliphatic rings. The quantitative estimate of drug-likeness (QED) is 0.719. The van der Waals surface area contributed by atoms with Gasteiger partial charge in [0.25, 0.3) is 0 Å². The van der Waals surface area contributed by atoms with E-state index in [-0.39, 0.29) is 24.0 Å². The molecule has 0 saturated carbocycles. The second-order valence-corrected chi connectivity index (χ2v) is 7.53. The summed E-state index contributed by atoms with van der Waals surface area (Å²) in [5.41, 5.74) is 0.975. The Morgan fingerprint density at radius 3 is 2.90 bits per heavy atom. The molecule has 4 rings (SSSR count). The second-order valence-electron chi connectivity index (χ2n) is 7.53. The average Bonchev–Trinajstić information content (AvgIpc) is 2.72. The summed E-state index contributed by atoms with van der Waals surface area (Å²) in [5, 5.41) is 16.6. The van der Waals surface area contributed by atoms with Gasteiger partial charge in [0.1, 0.15) is 25.1 Å². The van der Waals surface area contributed by atoms with Gasteiger partial charge < -0.3 is 25.0 Å². The summed E-state index contributed by atoms with van der Waals surface area (Å²) in [4.78, 5) is 36.7. The fraction of sp³-hybridized carbons (Fsp3) is 0.450. The van der Waals surface area contributed by atoms with Crippen molar-refractivity contribution in [3.05, 3.63) is 39.4 Å². The highest BCUT2D eigenvalue weighted by molar-refractivity contribution is 5.98. The Hall–Kier alpha value is -3.14. The van der Waals surface area contributed by atoms with E-state index in [1.807, 2.05) is 18.9 Å². The van der Waals surface area contributed by atoms with Crippen LogP contribution < -0.4 is 20.5 Å². The summed E-state index contributed by atoms with van der Waals surface area (Å²) >= 11 is 0. The molecular weight excluding hydrogens is 395 g/mol. The van der Waals surface area contributed by atoms with Gasteiger partial charge in [-0.2, -0.15) is 4.73 Å². The van der Waals surface area contributed by atoms with E-state index in [0.717, 1.165) is 18.0 Å². The molecule has 9 nitrogen and oxygen atoms in total. The fourth-order valence-corrected chi connectivity index (χ4v) is 4.31. The lowest BCUT2D eigenvalue weighted by Gasteiger charge is -2.37. The number of halogens is 1. The minimum absolute atomic E-state index is 0.00593. The number of carboxylic acids is 1. The first kappa shape index (κ1) is 20.1. The largest absolute Gasteiger partial charge is 0.477 e. The number of piperidine rings is 1. The van der Waals surface area contributed by atoms with E-state index in [1.165, 1.54) is 11.8 Å². The molecule has 160 valence electrons. The van der Waals surface area contributed by atoms with E-state index in [2.05, 4.69) is 10.5 Å². The lowest BCUT2D eigenvalue weighted by Crippen LogP contribution is -2.50. The summed E-state index contributed by atoms with van der Waals surface area (Å²) in [5.74, 6) is -2.15. The van der Waals surface area contributed by atoms with Gasteiger partial charge in [-0.15, -0.1) is 0 Å². The van der Waals surface area contributed by atoms with E-state index in [0.29, 0.717) is 36.3 Å². The van der Waals surface area contributed by atoms with Crippen LogP contribution in [0.15, 0.2) is 22.2 Å². The summed E-state index contributed by atoms with van der Waals surface area (Å²) in [6.07, 6.45) is 1.86. The predicted molar refractivity (Wildman–Crippen MR) is 109 cm³/mol. The summed E-state index contributed by atoms with van der Waals surface area (Å²) in [6.45, 7) is 3.06. The van der Waals surface area contributed by atoms with Crippen LogP contribution in [-0.4, -0.2) is 61.4 Å². The van der Waals surface area contributed by atoms with Crippen LogP contribution >= 0.6 is 0 Å². The maximum atomic E-state index is 15.4. The first-order chi connectivity index (χ1) is 14.4. The van der Waals surface area contributed by atoms with Gasteiger partial charge in [0.2, 0.25) is 5.43 Å². The Morgan fingerprint density at radius 1 is 1.47 bits per heavy atom. The molecular formula is C20H23FN4O5. The van der Waals surface area contributed by atoms with Crippen molar-refractivity contribution in [1.82, 2.24) is 10.0 Å². The van der Waals surface area contributed by atoms with Crippen LogP contribution in [0.5, 0.6) is 0 Å². The number of pyridine rings is 1. The Kier molecular flexibility index (Phi) is 5.10. The van der Waals surface area contributed by atoms with E-state index in [1.54, 1.807) is 0 Å². The van der Waals surface area contributed by atoms with Crippen molar-refractivity contribution in [2.24, 2.45) is 5.16 Å². The second kappa shape index (κ2) is 7.60. The Labute approximate surface area is 171 Å². The number of nitrogens with one attached hydrogen (secondary N) is 1. The number of aromatic carboxylic acids is 1. The molecule has 3 heterocycles. The maximum Gasteiger partial charge on any atom is 0.341 e. The molecule has 2 aromatic rings. The number of rotatable bonds is 4. The van der Waals surface area contributed by atoms with Crippen molar-refractivity contribution in [2.45, 2.75) is 25.3 Å². The van der Waals surface area contributed by atoms with Crippen LogP contribution in [-0.2, 0) is 4.84 Å². The molecule has 0 amide bonds.